The Bertz CT molecular complexity index is 2440. The molecule has 2 aliphatic rings. The summed E-state index contributed by atoms with van der Waals surface area (Å²) >= 11 is 0. The van der Waals surface area contributed by atoms with E-state index in [0.29, 0.717) is 19.5 Å². The number of fused-ring (bicyclic) bond motifs is 6. The van der Waals surface area contributed by atoms with E-state index in [-0.39, 0.29) is 12.3 Å². The molecule has 9 nitrogen and oxygen atoms in total. The van der Waals surface area contributed by atoms with Gasteiger partial charge in [0.15, 0.2) is 12.2 Å². The van der Waals surface area contributed by atoms with Gasteiger partial charge in [0.2, 0.25) is 0 Å². The standard InChI is InChI=1S/C57H62N4O5/c1-2-3-4-5-6-7-8-9-24-37-61(40-43(38-41-25-12-10-13-26-41)58-56(63)65-53-48-33-20-16-29-44(48)45-30-17-21-34-49(45)53)60-55(62)52(39-42-27-14-11-15-28-42)59-57(64)66-54-50-35-22-18-31-46(50)47-32-19-23-36-51(47)54/h10-23,25-36,43,52-54H,2-9,24,37-40H2,1H3,(H,58,63)(H,59,64)(H,60,62). The smallest absolute Gasteiger partial charge is 0.408 e. The molecule has 0 spiro atoms. The average molecular weight is 883 g/mol. The molecule has 0 aliphatic heterocycles. The fourth-order valence-electron chi connectivity index (χ4n) is 9.49. The maximum Gasteiger partial charge on any atom is 0.408 e. The SMILES string of the molecule is CCCCCCCCCCCN(CC(Cc1ccccc1)NC(=O)OC1c2ccccc2-c2ccccc21)NC(=O)C(Cc1ccccc1)NC(=O)OC1c2ccccc2-c2ccccc21. The van der Waals surface area contributed by atoms with E-state index in [1.807, 2.05) is 151 Å². The predicted octanol–water partition coefficient (Wildman–Crippen LogP) is 12.1. The molecule has 0 heterocycles. The highest BCUT2D eigenvalue weighted by atomic mass is 16.6. The van der Waals surface area contributed by atoms with Crippen LogP contribution in [0.25, 0.3) is 22.3 Å². The fraction of sp³-hybridized carbons (Fsp3) is 0.316. The highest BCUT2D eigenvalue weighted by molar-refractivity contribution is 5.86. The van der Waals surface area contributed by atoms with Crippen molar-refractivity contribution >= 4 is 18.1 Å². The van der Waals surface area contributed by atoms with Gasteiger partial charge in [0, 0.05) is 41.8 Å². The van der Waals surface area contributed by atoms with Crippen molar-refractivity contribution in [3.05, 3.63) is 191 Å². The van der Waals surface area contributed by atoms with Crippen LogP contribution in [0.4, 0.5) is 9.59 Å². The number of alkyl carbamates (subject to hydrolysis) is 2. The second kappa shape index (κ2) is 23.0. The first-order chi connectivity index (χ1) is 32.4. The van der Waals surface area contributed by atoms with E-state index >= 15 is 0 Å². The number of nitrogens with one attached hydrogen (secondary N) is 3. The van der Waals surface area contributed by atoms with E-state index < -0.39 is 36.5 Å². The molecule has 0 fully saturated rings. The Morgan fingerprint density at radius 1 is 0.485 bits per heavy atom. The summed E-state index contributed by atoms with van der Waals surface area (Å²) in [6.07, 6.45) is 8.75. The first-order valence-corrected chi connectivity index (χ1v) is 23.9. The molecule has 0 radical (unpaired) electrons. The van der Waals surface area contributed by atoms with E-state index in [4.69, 9.17) is 9.47 Å². The number of carbonyl (C=O) groups is 3. The summed E-state index contributed by atoms with van der Waals surface area (Å²) < 4.78 is 12.5. The molecule has 6 aromatic carbocycles. The minimum absolute atomic E-state index is 0.244. The first-order valence-electron chi connectivity index (χ1n) is 23.9. The van der Waals surface area contributed by atoms with E-state index in [1.165, 1.54) is 38.5 Å². The monoisotopic (exact) mass is 882 g/mol. The molecule has 8 rings (SSSR count). The molecule has 0 saturated carbocycles. The molecular weight excluding hydrogens is 821 g/mol. The van der Waals surface area contributed by atoms with Crippen LogP contribution in [0.15, 0.2) is 158 Å². The number of carbonyl (C=O) groups excluding carboxylic acids is 3. The van der Waals surface area contributed by atoms with Crippen molar-refractivity contribution < 1.29 is 23.9 Å². The van der Waals surface area contributed by atoms with Gasteiger partial charge in [0.25, 0.3) is 5.91 Å². The first kappa shape index (κ1) is 45.8. The lowest BCUT2D eigenvalue weighted by molar-refractivity contribution is -0.128. The highest BCUT2D eigenvalue weighted by Crippen LogP contribution is 2.46. The Morgan fingerprint density at radius 3 is 1.35 bits per heavy atom. The van der Waals surface area contributed by atoms with Gasteiger partial charge in [-0.3, -0.25) is 10.2 Å². The summed E-state index contributed by atoms with van der Waals surface area (Å²) in [5, 5.41) is 8.07. The van der Waals surface area contributed by atoms with Gasteiger partial charge in [-0.2, -0.15) is 0 Å². The normalized spacial score (nSPS) is 13.5. The minimum atomic E-state index is -0.967. The Hall–Kier alpha value is -6.71. The number of amides is 3. The highest BCUT2D eigenvalue weighted by Gasteiger charge is 2.34. The zero-order valence-electron chi connectivity index (χ0n) is 38.0. The summed E-state index contributed by atoms with van der Waals surface area (Å²) in [4.78, 5) is 42.7. The van der Waals surface area contributed by atoms with Crippen molar-refractivity contribution in [1.82, 2.24) is 21.1 Å². The number of hydrazine groups is 1. The number of benzene rings is 6. The number of rotatable bonds is 22. The number of ether oxygens (including phenoxy) is 2. The number of hydrogen-bond donors (Lipinski definition) is 3. The summed E-state index contributed by atoms with van der Waals surface area (Å²) in [5.74, 6) is -0.376. The van der Waals surface area contributed by atoms with Crippen LogP contribution in [0, 0.1) is 0 Å². The molecule has 0 aromatic heterocycles. The second-order valence-electron chi connectivity index (χ2n) is 17.6. The van der Waals surface area contributed by atoms with Crippen molar-refractivity contribution in [3.63, 3.8) is 0 Å². The fourth-order valence-corrected chi connectivity index (χ4v) is 9.49. The maximum absolute atomic E-state index is 14.7. The molecule has 2 aliphatic carbocycles. The minimum Gasteiger partial charge on any atom is -0.436 e. The van der Waals surface area contributed by atoms with E-state index in [0.717, 1.165) is 74.9 Å². The van der Waals surface area contributed by atoms with E-state index in [1.54, 1.807) is 0 Å². The molecule has 0 bridgehead atoms. The Balaban J connectivity index is 1.00. The molecule has 340 valence electrons. The topological polar surface area (TPSA) is 109 Å². The number of nitrogens with zero attached hydrogens (tertiary/aromatic N) is 1. The quantitative estimate of drug-likeness (QED) is 0.0463. The van der Waals surface area contributed by atoms with Gasteiger partial charge >= 0.3 is 12.2 Å². The van der Waals surface area contributed by atoms with Crippen LogP contribution >= 0.6 is 0 Å². The van der Waals surface area contributed by atoms with Gasteiger partial charge in [-0.1, -0.05) is 216 Å². The van der Waals surface area contributed by atoms with Gasteiger partial charge in [-0.05, 0) is 46.2 Å². The van der Waals surface area contributed by atoms with Crippen molar-refractivity contribution in [2.75, 3.05) is 13.1 Å². The third kappa shape index (κ3) is 11.8. The molecule has 3 N–H and O–H groups in total. The van der Waals surface area contributed by atoms with Crippen LogP contribution in [0.2, 0.25) is 0 Å². The summed E-state index contributed by atoms with van der Waals surface area (Å²) in [7, 11) is 0. The van der Waals surface area contributed by atoms with E-state index in [2.05, 4.69) is 35.1 Å². The third-order valence-electron chi connectivity index (χ3n) is 12.8. The second-order valence-corrected chi connectivity index (χ2v) is 17.6. The summed E-state index contributed by atoms with van der Waals surface area (Å²) in [6, 6.07) is 50.3. The molecular formula is C57H62N4O5. The Labute approximate surface area is 389 Å². The van der Waals surface area contributed by atoms with Crippen molar-refractivity contribution in [2.24, 2.45) is 0 Å². The molecule has 2 atom stereocenters. The van der Waals surface area contributed by atoms with Gasteiger partial charge in [-0.15, -0.1) is 0 Å². The van der Waals surface area contributed by atoms with Crippen molar-refractivity contribution in [3.8, 4) is 22.3 Å². The maximum atomic E-state index is 14.7. The lowest BCUT2D eigenvalue weighted by Crippen LogP contribution is -2.56. The van der Waals surface area contributed by atoms with Crippen LogP contribution in [0.5, 0.6) is 0 Å². The van der Waals surface area contributed by atoms with Gasteiger partial charge in [0.1, 0.15) is 6.04 Å². The van der Waals surface area contributed by atoms with Crippen LogP contribution in [-0.2, 0) is 27.1 Å². The third-order valence-corrected chi connectivity index (χ3v) is 12.8. The number of hydrogen-bond acceptors (Lipinski definition) is 6. The van der Waals surface area contributed by atoms with Gasteiger partial charge < -0.3 is 20.1 Å². The van der Waals surface area contributed by atoms with Crippen LogP contribution in [0.1, 0.15) is 110 Å². The predicted molar refractivity (Wildman–Crippen MR) is 261 cm³/mol. The van der Waals surface area contributed by atoms with Crippen LogP contribution in [-0.4, -0.2) is 48.3 Å². The summed E-state index contributed by atoms with van der Waals surface area (Å²) in [6.45, 7) is 3.08. The zero-order chi connectivity index (χ0) is 45.5. The lowest BCUT2D eigenvalue weighted by Gasteiger charge is -2.30. The molecule has 6 aromatic rings. The average Bonchev–Trinajstić information content (AvgIpc) is 3.83. The molecule has 2 unspecified atom stereocenters. The Kier molecular flexibility index (Phi) is 15.9. The molecule has 9 heteroatoms. The Morgan fingerprint density at radius 2 is 0.879 bits per heavy atom. The van der Waals surface area contributed by atoms with Crippen LogP contribution in [0.3, 0.4) is 0 Å². The van der Waals surface area contributed by atoms with Gasteiger partial charge in [0.05, 0.1) is 6.04 Å². The van der Waals surface area contributed by atoms with E-state index in [9.17, 15) is 14.4 Å². The zero-order valence-corrected chi connectivity index (χ0v) is 38.0. The van der Waals surface area contributed by atoms with Crippen LogP contribution < -0.4 is 16.1 Å². The van der Waals surface area contributed by atoms with Gasteiger partial charge in [-0.25, -0.2) is 14.6 Å². The largest absolute Gasteiger partial charge is 0.436 e. The molecule has 0 saturated heterocycles. The summed E-state index contributed by atoms with van der Waals surface area (Å²) in [5.41, 5.74) is 13.0. The number of unbranched alkanes of at least 4 members (excludes halogenated alkanes) is 8. The molecule has 66 heavy (non-hydrogen) atoms. The molecule has 3 amide bonds. The van der Waals surface area contributed by atoms with Crippen molar-refractivity contribution in [1.29, 1.82) is 0 Å². The lowest BCUT2D eigenvalue weighted by atomic mass is 10.0. The van der Waals surface area contributed by atoms with Crippen molar-refractivity contribution in [2.45, 2.75) is 102 Å².